The van der Waals surface area contributed by atoms with E-state index in [2.05, 4.69) is 26.1 Å². The van der Waals surface area contributed by atoms with Gasteiger partial charge in [0.1, 0.15) is 0 Å². The second-order valence-electron chi connectivity index (χ2n) is 3.74. The maximum absolute atomic E-state index is 11.3. The van der Waals surface area contributed by atoms with Crippen LogP contribution in [0.1, 0.15) is 27.2 Å². The lowest BCUT2D eigenvalue weighted by Gasteiger charge is -2.24. The molecule has 3 nitrogen and oxygen atoms in total. The summed E-state index contributed by atoms with van der Waals surface area (Å²) in [7, 11) is 0. The van der Waals surface area contributed by atoms with Crippen LogP contribution >= 0.6 is 0 Å². The highest BCUT2D eigenvalue weighted by Crippen LogP contribution is 2.10. The van der Waals surface area contributed by atoms with Gasteiger partial charge >= 0.3 is 0 Å². The van der Waals surface area contributed by atoms with Crippen molar-refractivity contribution in [2.45, 2.75) is 33.4 Å². The number of carbonyl (C=O) groups excluding carboxylic acids is 1. The summed E-state index contributed by atoms with van der Waals surface area (Å²) in [6.07, 6.45) is 1.28. The summed E-state index contributed by atoms with van der Waals surface area (Å²) in [5, 5.41) is 3.19. The summed E-state index contributed by atoms with van der Waals surface area (Å²) in [5.41, 5.74) is 0. The molecule has 1 aliphatic heterocycles. The van der Waals surface area contributed by atoms with E-state index in [1.165, 1.54) is 0 Å². The molecule has 1 saturated heterocycles. The molecule has 1 rings (SSSR count). The van der Waals surface area contributed by atoms with Crippen LogP contribution in [0.5, 0.6) is 0 Å². The lowest BCUT2D eigenvalue weighted by molar-refractivity contribution is -0.128. The highest BCUT2D eigenvalue weighted by atomic mass is 16.2. The molecule has 0 saturated carbocycles. The molecule has 3 heteroatoms. The molecule has 12 heavy (non-hydrogen) atoms. The van der Waals surface area contributed by atoms with Crippen molar-refractivity contribution in [2.24, 2.45) is 5.92 Å². The number of hydrogen-bond donors (Lipinski definition) is 1. The van der Waals surface area contributed by atoms with Gasteiger partial charge < -0.3 is 4.90 Å². The van der Waals surface area contributed by atoms with Crippen LogP contribution in [-0.2, 0) is 4.79 Å². The van der Waals surface area contributed by atoms with Gasteiger partial charge in [-0.05, 0) is 12.3 Å². The van der Waals surface area contributed by atoms with E-state index in [4.69, 9.17) is 0 Å². The molecule has 1 unspecified atom stereocenters. The van der Waals surface area contributed by atoms with Crippen molar-refractivity contribution in [1.82, 2.24) is 10.2 Å². The zero-order valence-corrected chi connectivity index (χ0v) is 8.13. The SMILES string of the molecule is CCC1NCC(=O)N1CC(C)C. The summed E-state index contributed by atoms with van der Waals surface area (Å²) in [6, 6.07) is 0. The predicted molar refractivity (Wildman–Crippen MR) is 48.6 cm³/mol. The first-order valence-electron chi connectivity index (χ1n) is 4.68. The van der Waals surface area contributed by atoms with E-state index in [1.54, 1.807) is 0 Å². The molecule has 0 bridgehead atoms. The van der Waals surface area contributed by atoms with Gasteiger partial charge in [0.05, 0.1) is 12.7 Å². The minimum absolute atomic E-state index is 0.246. The lowest BCUT2D eigenvalue weighted by atomic mass is 10.2. The summed E-state index contributed by atoms with van der Waals surface area (Å²) in [5.74, 6) is 0.804. The average Bonchev–Trinajstić information content (AvgIpc) is 2.32. The van der Waals surface area contributed by atoms with Crippen LogP contribution in [0.3, 0.4) is 0 Å². The van der Waals surface area contributed by atoms with Crippen LogP contribution in [0.15, 0.2) is 0 Å². The molecule has 1 atom stereocenters. The van der Waals surface area contributed by atoms with Crippen molar-refractivity contribution in [3.05, 3.63) is 0 Å². The zero-order valence-electron chi connectivity index (χ0n) is 8.13. The van der Waals surface area contributed by atoms with E-state index in [1.807, 2.05) is 4.90 Å². The molecule has 1 N–H and O–H groups in total. The van der Waals surface area contributed by atoms with E-state index < -0.39 is 0 Å². The second-order valence-corrected chi connectivity index (χ2v) is 3.74. The van der Waals surface area contributed by atoms with Crippen molar-refractivity contribution < 1.29 is 4.79 Å². The number of amides is 1. The van der Waals surface area contributed by atoms with Gasteiger partial charge in [-0.15, -0.1) is 0 Å². The molecule has 0 aliphatic carbocycles. The third-order valence-corrected chi connectivity index (χ3v) is 2.13. The Labute approximate surface area is 74.1 Å². The van der Waals surface area contributed by atoms with Gasteiger partial charge in [-0.3, -0.25) is 10.1 Å². The van der Waals surface area contributed by atoms with Gasteiger partial charge in [-0.2, -0.15) is 0 Å². The number of rotatable bonds is 3. The molecule has 0 aromatic heterocycles. The average molecular weight is 170 g/mol. The largest absolute Gasteiger partial charge is 0.326 e. The minimum Gasteiger partial charge on any atom is -0.326 e. The fraction of sp³-hybridized carbons (Fsp3) is 0.889. The maximum atomic E-state index is 11.3. The standard InChI is InChI=1S/C9H18N2O/c1-4-8-10-5-9(12)11(8)6-7(2)3/h7-8,10H,4-6H2,1-3H3. The van der Waals surface area contributed by atoms with Gasteiger partial charge in [0, 0.05) is 6.54 Å². The molecule has 0 aromatic carbocycles. The molecule has 1 heterocycles. The Hall–Kier alpha value is -0.570. The third-order valence-electron chi connectivity index (χ3n) is 2.13. The zero-order chi connectivity index (χ0) is 9.14. The molecule has 1 aliphatic rings. The number of nitrogens with zero attached hydrogens (tertiary/aromatic N) is 1. The first-order chi connectivity index (χ1) is 5.65. The van der Waals surface area contributed by atoms with Crippen molar-refractivity contribution in [3.8, 4) is 0 Å². The Bertz CT molecular complexity index is 168. The Morgan fingerprint density at radius 1 is 1.67 bits per heavy atom. The molecular formula is C9H18N2O. The van der Waals surface area contributed by atoms with Crippen molar-refractivity contribution in [2.75, 3.05) is 13.1 Å². The second kappa shape index (κ2) is 3.90. The first kappa shape index (κ1) is 9.52. The molecule has 0 spiro atoms. The van der Waals surface area contributed by atoms with E-state index in [9.17, 15) is 4.79 Å². The quantitative estimate of drug-likeness (QED) is 0.680. The van der Waals surface area contributed by atoms with Crippen LogP contribution in [0, 0.1) is 5.92 Å². The summed E-state index contributed by atoms with van der Waals surface area (Å²) >= 11 is 0. The van der Waals surface area contributed by atoms with Crippen LogP contribution in [0.2, 0.25) is 0 Å². The summed E-state index contributed by atoms with van der Waals surface area (Å²) < 4.78 is 0. The fourth-order valence-electron chi connectivity index (χ4n) is 1.58. The molecule has 0 radical (unpaired) electrons. The monoisotopic (exact) mass is 170 g/mol. The van der Waals surface area contributed by atoms with Gasteiger partial charge in [0.25, 0.3) is 0 Å². The third kappa shape index (κ3) is 1.97. The number of hydrogen-bond acceptors (Lipinski definition) is 2. The number of nitrogens with one attached hydrogen (secondary N) is 1. The van der Waals surface area contributed by atoms with Crippen molar-refractivity contribution in [1.29, 1.82) is 0 Å². The van der Waals surface area contributed by atoms with E-state index >= 15 is 0 Å². The van der Waals surface area contributed by atoms with Crippen LogP contribution in [0.4, 0.5) is 0 Å². The molecule has 0 aromatic rings. The Morgan fingerprint density at radius 3 is 2.83 bits per heavy atom. The van der Waals surface area contributed by atoms with E-state index in [0.717, 1.165) is 13.0 Å². The maximum Gasteiger partial charge on any atom is 0.237 e. The van der Waals surface area contributed by atoms with Gasteiger partial charge in [0.15, 0.2) is 0 Å². The normalized spacial score (nSPS) is 24.2. The van der Waals surface area contributed by atoms with Gasteiger partial charge in [-0.1, -0.05) is 20.8 Å². The Morgan fingerprint density at radius 2 is 2.33 bits per heavy atom. The highest BCUT2D eigenvalue weighted by molar-refractivity contribution is 5.80. The molecule has 1 amide bonds. The van der Waals surface area contributed by atoms with Gasteiger partial charge in [0.2, 0.25) is 5.91 Å². The van der Waals surface area contributed by atoms with E-state index in [0.29, 0.717) is 12.5 Å². The van der Waals surface area contributed by atoms with Gasteiger partial charge in [-0.25, -0.2) is 0 Å². The van der Waals surface area contributed by atoms with Crippen molar-refractivity contribution in [3.63, 3.8) is 0 Å². The summed E-state index contributed by atoms with van der Waals surface area (Å²) in [6.45, 7) is 7.77. The Kier molecular flexibility index (Phi) is 3.09. The van der Waals surface area contributed by atoms with Crippen LogP contribution < -0.4 is 5.32 Å². The number of carbonyl (C=O) groups is 1. The first-order valence-corrected chi connectivity index (χ1v) is 4.68. The topological polar surface area (TPSA) is 32.3 Å². The highest BCUT2D eigenvalue weighted by Gasteiger charge is 2.28. The minimum atomic E-state index is 0.246. The van der Waals surface area contributed by atoms with Crippen LogP contribution in [-0.4, -0.2) is 30.1 Å². The summed E-state index contributed by atoms with van der Waals surface area (Å²) in [4.78, 5) is 13.3. The molecule has 70 valence electrons. The predicted octanol–water partition coefficient (Wildman–Crippen LogP) is 0.810. The molecular weight excluding hydrogens is 152 g/mol. The van der Waals surface area contributed by atoms with E-state index in [-0.39, 0.29) is 12.1 Å². The lowest BCUT2D eigenvalue weighted by Crippen LogP contribution is -2.39. The molecule has 1 fully saturated rings. The Balaban J connectivity index is 2.52. The smallest absolute Gasteiger partial charge is 0.237 e. The fourth-order valence-corrected chi connectivity index (χ4v) is 1.58. The van der Waals surface area contributed by atoms with Crippen LogP contribution in [0.25, 0.3) is 0 Å². The van der Waals surface area contributed by atoms with Crippen molar-refractivity contribution >= 4 is 5.91 Å².